The van der Waals surface area contributed by atoms with E-state index in [9.17, 15) is 14.9 Å². The second-order valence-electron chi connectivity index (χ2n) is 5.61. The average molecular weight is 381 g/mol. The number of amides is 1. The molecule has 2 N–H and O–H groups in total. The van der Waals surface area contributed by atoms with E-state index in [4.69, 9.17) is 17.0 Å². The van der Waals surface area contributed by atoms with Crippen LogP contribution in [0.25, 0.3) is 10.8 Å². The maximum Gasteiger partial charge on any atom is 0.311 e. The van der Waals surface area contributed by atoms with Crippen LogP contribution in [0.15, 0.2) is 60.7 Å². The van der Waals surface area contributed by atoms with Gasteiger partial charge in [0.25, 0.3) is 5.91 Å². The number of hydrogen-bond acceptors (Lipinski definition) is 5. The van der Waals surface area contributed by atoms with Crippen LogP contribution in [0.3, 0.4) is 0 Å². The Kier molecular flexibility index (Phi) is 5.28. The van der Waals surface area contributed by atoms with Gasteiger partial charge in [0.1, 0.15) is 0 Å². The number of nitrogens with one attached hydrogen (secondary N) is 2. The van der Waals surface area contributed by atoms with Gasteiger partial charge in [-0.3, -0.25) is 20.2 Å². The summed E-state index contributed by atoms with van der Waals surface area (Å²) in [5, 5.41) is 18.7. The Labute approximate surface area is 160 Å². The SMILES string of the molecule is COc1ccc(C(=O)NC(=S)Nc2ccc3ccccc3c2)cc1[N+](=O)[O-]. The third-order valence-corrected chi connectivity index (χ3v) is 4.08. The van der Waals surface area contributed by atoms with Crippen LogP contribution in [0.1, 0.15) is 10.4 Å². The predicted octanol–water partition coefficient (Wildman–Crippen LogP) is 3.88. The fraction of sp³-hybridized carbons (Fsp3) is 0.0526. The lowest BCUT2D eigenvalue weighted by atomic mass is 10.1. The summed E-state index contributed by atoms with van der Waals surface area (Å²) < 4.78 is 4.93. The number of rotatable bonds is 4. The number of carbonyl (C=O) groups excluding carboxylic acids is 1. The molecule has 27 heavy (non-hydrogen) atoms. The number of ether oxygens (including phenoxy) is 1. The molecular weight excluding hydrogens is 366 g/mol. The zero-order valence-electron chi connectivity index (χ0n) is 14.3. The molecule has 0 saturated carbocycles. The molecule has 0 unspecified atom stereocenters. The van der Waals surface area contributed by atoms with Crippen molar-refractivity contribution in [3.63, 3.8) is 0 Å². The summed E-state index contributed by atoms with van der Waals surface area (Å²) in [5.74, 6) is -0.479. The maximum atomic E-state index is 12.3. The molecular formula is C19H15N3O4S. The fourth-order valence-electron chi connectivity index (χ4n) is 2.58. The van der Waals surface area contributed by atoms with Crippen molar-refractivity contribution >= 4 is 45.4 Å². The van der Waals surface area contributed by atoms with Crippen LogP contribution in [-0.2, 0) is 0 Å². The number of benzene rings is 3. The third kappa shape index (κ3) is 4.18. The molecule has 7 nitrogen and oxygen atoms in total. The van der Waals surface area contributed by atoms with Crippen molar-refractivity contribution < 1.29 is 14.5 Å². The molecule has 0 spiro atoms. The molecule has 0 aromatic heterocycles. The molecule has 3 aromatic carbocycles. The van der Waals surface area contributed by atoms with E-state index in [0.29, 0.717) is 0 Å². The van der Waals surface area contributed by atoms with Gasteiger partial charge >= 0.3 is 5.69 Å². The van der Waals surface area contributed by atoms with Gasteiger partial charge in [0.15, 0.2) is 10.9 Å². The van der Waals surface area contributed by atoms with Gasteiger partial charge in [0.2, 0.25) is 0 Å². The van der Waals surface area contributed by atoms with E-state index in [2.05, 4.69) is 10.6 Å². The van der Waals surface area contributed by atoms with E-state index in [-0.39, 0.29) is 22.1 Å². The normalized spacial score (nSPS) is 10.3. The monoisotopic (exact) mass is 381 g/mol. The molecule has 0 saturated heterocycles. The third-order valence-electron chi connectivity index (χ3n) is 3.87. The van der Waals surface area contributed by atoms with Crippen LogP contribution < -0.4 is 15.4 Å². The first-order valence-electron chi connectivity index (χ1n) is 7.91. The number of nitrogens with zero attached hydrogens (tertiary/aromatic N) is 1. The highest BCUT2D eigenvalue weighted by molar-refractivity contribution is 7.80. The Morgan fingerprint density at radius 1 is 1.07 bits per heavy atom. The number of fused-ring (bicyclic) bond motifs is 1. The molecule has 0 atom stereocenters. The van der Waals surface area contributed by atoms with E-state index in [1.165, 1.54) is 19.2 Å². The van der Waals surface area contributed by atoms with Gasteiger partial charge in [-0.1, -0.05) is 30.3 Å². The lowest BCUT2D eigenvalue weighted by molar-refractivity contribution is -0.385. The van der Waals surface area contributed by atoms with E-state index in [0.717, 1.165) is 22.5 Å². The summed E-state index contributed by atoms with van der Waals surface area (Å²) in [6, 6.07) is 17.5. The van der Waals surface area contributed by atoms with Crippen LogP contribution in [0, 0.1) is 10.1 Å². The Bertz CT molecular complexity index is 1050. The highest BCUT2D eigenvalue weighted by atomic mass is 32.1. The summed E-state index contributed by atoms with van der Waals surface area (Å²) in [7, 11) is 1.32. The molecule has 136 valence electrons. The van der Waals surface area contributed by atoms with Crippen LogP contribution in [0.5, 0.6) is 5.75 Å². The van der Waals surface area contributed by atoms with Crippen molar-refractivity contribution in [3.8, 4) is 5.75 Å². The second-order valence-corrected chi connectivity index (χ2v) is 6.02. The summed E-state index contributed by atoms with van der Waals surface area (Å²) >= 11 is 5.17. The summed E-state index contributed by atoms with van der Waals surface area (Å²) in [6.45, 7) is 0. The summed E-state index contributed by atoms with van der Waals surface area (Å²) in [5.41, 5.74) is 0.531. The maximum absolute atomic E-state index is 12.3. The number of carbonyl (C=O) groups is 1. The number of anilines is 1. The minimum atomic E-state index is -0.610. The lowest BCUT2D eigenvalue weighted by Gasteiger charge is -2.11. The van der Waals surface area contributed by atoms with Crippen molar-refractivity contribution in [1.82, 2.24) is 5.32 Å². The van der Waals surface area contributed by atoms with Crippen LogP contribution in [-0.4, -0.2) is 23.1 Å². The number of nitro groups is 1. The predicted molar refractivity (Wildman–Crippen MR) is 107 cm³/mol. The summed E-state index contributed by atoms with van der Waals surface area (Å²) in [6.07, 6.45) is 0. The number of nitro benzene ring substituents is 1. The zero-order chi connectivity index (χ0) is 19.4. The van der Waals surface area contributed by atoms with Gasteiger partial charge in [0, 0.05) is 17.3 Å². The van der Waals surface area contributed by atoms with Gasteiger partial charge in [-0.15, -0.1) is 0 Å². The largest absolute Gasteiger partial charge is 0.490 e. The van der Waals surface area contributed by atoms with Crippen molar-refractivity contribution in [2.24, 2.45) is 0 Å². The highest BCUT2D eigenvalue weighted by Crippen LogP contribution is 2.27. The van der Waals surface area contributed by atoms with E-state index in [1.807, 2.05) is 42.5 Å². The van der Waals surface area contributed by atoms with Gasteiger partial charge in [-0.2, -0.15) is 0 Å². The van der Waals surface area contributed by atoms with E-state index >= 15 is 0 Å². The number of methoxy groups -OCH3 is 1. The molecule has 0 aliphatic rings. The Balaban J connectivity index is 1.72. The van der Waals surface area contributed by atoms with Crippen LogP contribution in [0.2, 0.25) is 0 Å². The van der Waals surface area contributed by atoms with Gasteiger partial charge in [-0.05, 0) is 47.3 Å². The van der Waals surface area contributed by atoms with Crippen molar-refractivity contribution in [1.29, 1.82) is 0 Å². The van der Waals surface area contributed by atoms with Gasteiger partial charge in [0.05, 0.1) is 12.0 Å². The molecule has 0 aliphatic heterocycles. The minimum absolute atomic E-state index is 0.0772. The van der Waals surface area contributed by atoms with Crippen LogP contribution >= 0.6 is 12.2 Å². The minimum Gasteiger partial charge on any atom is -0.490 e. The molecule has 0 bridgehead atoms. The molecule has 8 heteroatoms. The van der Waals surface area contributed by atoms with Crippen molar-refractivity contribution in [3.05, 3.63) is 76.3 Å². The standard InChI is InChI=1S/C19H15N3O4S/c1-26-17-9-7-14(11-16(17)22(24)25)18(23)21-19(27)20-15-8-6-12-4-2-3-5-13(12)10-15/h2-11H,1H3,(H2,20,21,23,27). The van der Waals surface area contributed by atoms with E-state index in [1.54, 1.807) is 0 Å². The number of hydrogen-bond donors (Lipinski definition) is 2. The lowest BCUT2D eigenvalue weighted by Crippen LogP contribution is -2.34. The molecule has 1 amide bonds. The first-order valence-corrected chi connectivity index (χ1v) is 8.32. The summed E-state index contributed by atoms with van der Waals surface area (Å²) in [4.78, 5) is 22.8. The Morgan fingerprint density at radius 2 is 1.81 bits per heavy atom. The Hall–Kier alpha value is -3.52. The first-order chi connectivity index (χ1) is 13.0. The van der Waals surface area contributed by atoms with E-state index < -0.39 is 10.8 Å². The van der Waals surface area contributed by atoms with Gasteiger partial charge in [-0.25, -0.2) is 0 Å². The fourth-order valence-corrected chi connectivity index (χ4v) is 2.79. The van der Waals surface area contributed by atoms with Crippen molar-refractivity contribution in [2.45, 2.75) is 0 Å². The first kappa shape index (κ1) is 18.3. The number of thiocarbonyl (C=S) groups is 1. The van der Waals surface area contributed by atoms with Crippen LogP contribution in [0.4, 0.5) is 11.4 Å². The molecule has 0 fully saturated rings. The second kappa shape index (κ2) is 7.79. The Morgan fingerprint density at radius 3 is 2.52 bits per heavy atom. The smallest absolute Gasteiger partial charge is 0.311 e. The van der Waals surface area contributed by atoms with Gasteiger partial charge < -0.3 is 10.1 Å². The molecule has 0 aliphatic carbocycles. The highest BCUT2D eigenvalue weighted by Gasteiger charge is 2.18. The molecule has 3 aromatic rings. The average Bonchev–Trinajstić information content (AvgIpc) is 2.67. The zero-order valence-corrected chi connectivity index (χ0v) is 15.1. The topological polar surface area (TPSA) is 93.5 Å². The molecule has 0 radical (unpaired) electrons. The molecule has 3 rings (SSSR count). The van der Waals surface area contributed by atoms with Crippen molar-refractivity contribution in [2.75, 3.05) is 12.4 Å². The molecule has 0 heterocycles. The quantitative estimate of drug-likeness (QED) is 0.405.